The molecule has 3 aliphatic rings. The molecule has 0 aliphatic carbocycles. The zero-order chi connectivity index (χ0) is 22.7. The fraction of sp³-hybridized carbons (Fsp3) is 0.731. The molecule has 4 atom stereocenters. The summed E-state index contributed by atoms with van der Waals surface area (Å²) in [4.78, 5) is 12.5. The van der Waals surface area contributed by atoms with Gasteiger partial charge in [0.2, 0.25) is 0 Å². The van der Waals surface area contributed by atoms with Crippen molar-refractivity contribution in [2.24, 2.45) is 0 Å². The van der Waals surface area contributed by atoms with Gasteiger partial charge in [-0.05, 0) is 65.4 Å². The Balaban J connectivity index is 1.27. The van der Waals surface area contributed by atoms with Crippen LogP contribution in [0.2, 0.25) is 0 Å². The van der Waals surface area contributed by atoms with E-state index in [1.165, 1.54) is 6.42 Å². The van der Waals surface area contributed by atoms with E-state index in [2.05, 4.69) is 6.92 Å². The van der Waals surface area contributed by atoms with Crippen LogP contribution in [0.5, 0.6) is 11.5 Å². The van der Waals surface area contributed by atoms with Crippen LogP contribution in [0.3, 0.4) is 0 Å². The topological polar surface area (TPSA) is 63.2 Å². The van der Waals surface area contributed by atoms with Gasteiger partial charge < -0.3 is 23.7 Å². The highest BCUT2D eigenvalue weighted by Gasteiger charge is 2.43. The predicted octanol–water partition coefficient (Wildman–Crippen LogP) is 6.11. The Morgan fingerprint density at radius 2 is 1.91 bits per heavy atom. The maximum Gasteiger partial charge on any atom is 0.342 e. The molecule has 0 aromatic heterocycles. The smallest absolute Gasteiger partial charge is 0.342 e. The van der Waals surface area contributed by atoms with E-state index in [1.54, 1.807) is 13.2 Å². The number of unbranched alkanes of at least 4 members (excludes halogenated alkanes) is 2. The molecule has 4 rings (SSSR count). The third kappa shape index (κ3) is 5.23. The Bertz CT molecular complexity index is 802. The van der Waals surface area contributed by atoms with Gasteiger partial charge in [-0.1, -0.05) is 12.8 Å². The number of ether oxygens (including phenoxy) is 5. The Labute approximate surface area is 191 Å². The molecule has 2 fully saturated rings. The van der Waals surface area contributed by atoms with Crippen molar-refractivity contribution in [3.05, 3.63) is 23.3 Å². The average Bonchev–Trinajstić information content (AvgIpc) is 3.26. The number of fused-ring (bicyclic) bond motifs is 1. The van der Waals surface area contributed by atoms with E-state index in [9.17, 15) is 4.79 Å². The summed E-state index contributed by atoms with van der Waals surface area (Å²) in [7, 11) is 1.57. The molecule has 4 unspecified atom stereocenters. The van der Waals surface area contributed by atoms with Gasteiger partial charge in [0.1, 0.15) is 23.2 Å². The van der Waals surface area contributed by atoms with E-state index < -0.39 is 0 Å². The molecule has 3 aliphatic heterocycles. The van der Waals surface area contributed by atoms with E-state index in [-0.39, 0.29) is 24.0 Å². The molecule has 0 N–H and O–H groups in total. The highest BCUT2D eigenvalue weighted by atomic mass is 16.7. The van der Waals surface area contributed by atoms with E-state index >= 15 is 0 Å². The molecule has 2 saturated heterocycles. The normalized spacial score (nSPS) is 29.4. The van der Waals surface area contributed by atoms with Crippen molar-refractivity contribution in [2.75, 3.05) is 7.11 Å². The Hall–Kier alpha value is -1.79. The highest BCUT2D eigenvalue weighted by molar-refractivity contribution is 5.97. The van der Waals surface area contributed by atoms with Crippen LogP contribution >= 0.6 is 0 Å². The summed E-state index contributed by atoms with van der Waals surface area (Å²) in [6.45, 7) is 6.11. The number of rotatable bonds is 9. The number of hydrogen-bond acceptors (Lipinski definition) is 6. The van der Waals surface area contributed by atoms with E-state index in [0.717, 1.165) is 63.4 Å². The molecular weight excluding hydrogens is 408 g/mol. The molecule has 0 bridgehead atoms. The number of benzene rings is 1. The van der Waals surface area contributed by atoms with Gasteiger partial charge in [0, 0.05) is 24.5 Å². The zero-order valence-electron chi connectivity index (χ0n) is 20.0. The third-order valence-corrected chi connectivity index (χ3v) is 6.80. The standard InChI is InChI=1S/C26H38O6/c1-17(2)29-20-15-21-22(30-25(27)24(21)23(16-20)28-4)11-7-5-6-9-19-10-8-13-26(32-19)14-12-18(3)31-26/h15-19,22H,5-14H2,1-4H3. The molecule has 1 spiro atoms. The molecule has 32 heavy (non-hydrogen) atoms. The predicted molar refractivity (Wildman–Crippen MR) is 121 cm³/mol. The van der Waals surface area contributed by atoms with Crippen molar-refractivity contribution in [1.29, 1.82) is 0 Å². The van der Waals surface area contributed by atoms with Gasteiger partial charge in [-0.25, -0.2) is 4.79 Å². The van der Waals surface area contributed by atoms with Crippen molar-refractivity contribution >= 4 is 5.97 Å². The van der Waals surface area contributed by atoms with Crippen LogP contribution in [-0.4, -0.2) is 37.2 Å². The average molecular weight is 447 g/mol. The van der Waals surface area contributed by atoms with Crippen LogP contribution in [0, 0.1) is 0 Å². The van der Waals surface area contributed by atoms with Gasteiger partial charge in [-0.3, -0.25) is 0 Å². The van der Waals surface area contributed by atoms with E-state index in [0.29, 0.717) is 29.3 Å². The number of hydrogen-bond donors (Lipinski definition) is 0. The SMILES string of the molecule is COc1cc(OC(C)C)cc2c1C(=O)OC2CCCCCC1CCCC2(CCC(C)O2)O1. The molecule has 6 nitrogen and oxygen atoms in total. The fourth-order valence-corrected chi connectivity index (χ4v) is 5.33. The minimum atomic E-state index is -0.307. The van der Waals surface area contributed by atoms with Crippen molar-refractivity contribution in [1.82, 2.24) is 0 Å². The van der Waals surface area contributed by atoms with Crippen LogP contribution in [0.25, 0.3) is 0 Å². The highest BCUT2D eigenvalue weighted by Crippen LogP contribution is 2.43. The second-order valence-electron chi connectivity index (χ2n) is 9.80. The number of cyclic esters (lactones) is 1. The van der Waals surface area contributed by atoms with Gasteiger partial charge in [-0.2, -0.15) is 0 Å². The Morgan fingerprint density at radius 3 is 2.62 bits per heavy atom. The maximum absolute atomic E-state index is 12.5. The molecule has 0 radical (unpaired) electrons. The molecule has 178 valence electrons. The summed E-state index contributed by atoms with van der Waals surface area (Å²) in [6.07, 6.45) is 11.0. The monoisotopic (exact) mass is 446 g/mol. The van der Waals surface area contributed by atoms with E-state index in [4.69, 9.17) is 23.7 Å². The molecule has 0 amide bonds. The van der Waals surface area contributed by atoms with Crippen LogP contribution in [0.15, 0.2) is 12.1 Å². The van der Waals surface area contributed by atoms with Gasteiger partial charge >= 0.3 is 5.97 Å². The van der Waals surface area contributed by atoms with Gasteiger partial charge in [0.25, 0.3) is 0 Å². The van der Waals surface area contributed by atoms with Crippen molar-refractivity contribution in [3.63, 3.8) is 0 Å². The Morgan fingerprint density at radius 1 is 1.09 bits per heavy atom. The van der Waals surface area contributed by atoms with Gasteiger partial charge in [-0.15, -0.1) is 0 Å². The summed E-state index contributed by atoms with van der Waals surface area (Å²) < 4.78 is 29.5. The zero-order valence-corrected chi connectivity index (χ0v) is 20.0. The first-order valence-corrected chi connectivity index (χ1v) is 12.3. The van der Waals surface area contributed by atoms with Crippen LogP contribution in [0.4, 0.5) is 0 Å². The first-order valence-electron chi connectivity index (χ1n) is 12.3. The molecule has 6 heteroatoms. The quantitative estimate of drug-likeness (QED) is 0.337. The molecule has 1 aromatic carbocycles. The molecular formula is C26H38O6. The minimum absolute atomic E-state index is 0.0493. The second-order valence-corrected chi connectivity index (χ2v) is 9.80. The van der Waals surface area contributed by atoms with Crippen LogP contribution < -0.4 is 9.47 Å². The summed E-state index contributed by atoms with van der Waals surface area (Å²) in [5.74, 6) is 0.631. The van der Waals surface area contributed by atoms with Crippen LogP contribution in [0.1, 0.15) is 107 Å². The lowest BCUT2D eigenvalue weighted by atomic mass is 9.95. The van der Waals surface area contributed by atoms with E-state index in [1.807, 2.05) is 19.9 Å². The fourth-order valence-electron chi connectivity index (χ4n) is 5.33. The lowest BCUT2D eigenvalue weighted by molar-refractivity contribution is -0.269. The number of methoxy groups -OCH3 is 1. The van der Waals surface area contributed by atoms with Crippen molar-refractivity contribution < 1.29 is 28.5 Å². The number of carbonyl (C=O) groups excluding carboxylic acids is 1. The van der Waals surface area contributed by atoms with Crippen molar-refractivity contribution in [2.45, 2.75) is 115 Å². The first kappa shape index (κ1) is 23.4. The number of carbonyl (C=O) groups is 1. The molecule has 1 aromatic rings. The molecule has 0 saturated carbocycles. The lowest BCUT2D eigenvalue weighted by Gasteiger charge is -2.38. The van der Waals surface area contributed by atoms with Crippen molar-refractivity contribution in [3.8, 4) is 11.5 Å². The summed E-state index contributed by atoms with van der Waals surface area (Å²) >= 11 is 0. The lowest BCUT2D eigenvalue weighted by Crippen LogP contribution is -2.40. The van der Waals surface area contributed by atoms with Crippen LogP contribution in [-0.2, 0) is 14.2 Å². The maximum atomic E-state index is 12.5. The second kappa shape index (κ2) is 10.0. The summed E-state index contributed by atoms with van der Waals surface area (Å²) in [6, 6.07) is 3.71. The largest absolute Gasteiger partial charge is 0.496 e. The first-order chi connectivity index (χ1) is 15.4. The summed E-state index contributed by atoms with van der Waals surface area (Å²) in [5.41, 5.74) is 1.43. The van der Waals surface area contributed by atoms with Gasteiger partial charge in [0.05, 0.1) is 25.4 Å². The molecule has 3 heterocycles. The third-order valence-electron chi connectivity index (χ3n) is 6.80. The summed E-state index contributed by atoms with van der Waals surface area (Å²) in [5, 5.41) is 0. The van der Waals surface area contributed by atoms with Gasteiger partial charge in [0.15, 0.2) is 5.79 Å². The number of esters is 1. The Kier molecular flexibility index (Phi) is 7.30. The minimum Gasteiger partial charge on any atom is -0.496 e.